The molecule has 106 valence electrons. The fraction of sp³-hybridized carbons (Fsp3) is 0.214. The van der Waals surface area contributed by atoms with E-state index in [0.717, 1.165) is 21.9 Å². The predicted octanol–water partition coefficient (Wildman–Crippen LogP) is 4.14. The van der Waals surface area contributed by atoms with Gasteiger partial charge in [-0.25, -0.2) is 8.78 Å². The van der Waals surface area contributed by atoms with Crippen molar-refractivity contribution < 1.29 is 8.78 Å². The third-order valence-electron chi connectivity index (χ3n) is 2.88. The summed E-state index contributed by atoms with van der Waals surface area (Å²) in [7, 11) is 0. The molecule has 0 aliphatic rings. The van der Waals surface area contributed by atoms with Crippen molar-refractivity contribution in [3.8, 4) is 0 Å². The molecule has 0 amide bonds. The molecule has 20 heavy (non-hydrogen) atoms. The highest BCUT2D eigenvalue weighted by molar-refractivity contribution is 7.80. The monoisotopic (exact) mass is 312 g/mol. The summed E-state index contributed by atoms with van der Waals surface area (Å²) >= 11 is 6.30. The van der Waals surface area contributed by atoms with Crippen molar-refractivity contribution in [2.75, 3.05) is 5.32 Å². The van der Waals surface area contributed by atoms with E-state index in [9.17, 15) is 8.78 Å². The number of benzene rings is 1. The van der Waals surface area contributed by atoms with Gasteiger partial charge in [0.25, 0.3) is 0 Å². The molecule has 1 atom stereocenters. The van der Waals surface area contributed by atoms with Gasteiger partial charge in [0.05, 0.1) is 6.04 Å². The van der Waals surface area contributed by atoms with Crippen molar-refractivity contribution in [1.29, 1.82) is 0 Å². The molecule has 0 saturated carbocycles. The number of nitrogens with one attached hydrogen (secondary N) is 1. The third-order valence-corrected chi connectivity index (χ3v) is 4.29. The molecular formula is C14H14F2N2S2. The molecule has 0 saturated heterocycles. The molecule has 0 bridgehead atoms. The van der Waals surface area contributed by atoms with Crippen LogP contribution in [0.1, 0.15) is 28.3 Å². The number of hydrogen-bond donors (Lipinski definition) is 2. The molecule has 1 unspecified atom stereocenters. The van der Waals surface area contributed by atoms with E-state index in [1.807, 2.05) is 26.0 Å². The van der Waals surface area contributed by atoms with Crippen LogP contribution in [0, 0.1) is 18.6 Å². The Morgan fingerprint density at radius 1 is 1.30 bits per heavy atom. The minimum Gasteiger partial charge on any atom is -0.389 e. The summed E-state index contributed by atoms with van der Waals surface area (Å²) in [5, 5.41) is 2.85. The van der Waals surface area contributed by atoms with Crippen LogP contribution < -0.4 is 11.1 Å². The van der Waals surface area contributed by atoms with Gasteiger partial charge in [0, 0.05) is 15.3 Å². The van der Waals surface area contributed by atoms with Crippen molar-refractivity contribution in [2.45, 2.75) is 19.9 Å². The molecule has 2 nitrogen and oxygen atoms in total. The van der Waals surface area contributed by atoms with Gasteiger partial charge < -0.3 is 11.1 Å². The number of aryl methyl sites for hydroxylation is 1. The number of thiocarbonyl (C=S) groups is 1. The van der Waals surface area contributed by atoms with Crippen LogP contribution in [0.5, 0.6) is 0 Å². The number of hydrogen-bond acceptors (Lipinski definition) is 3. The van der Waals surface area contributed by atoms with Crippen LogP contribution in [0.4, 0.5) is 14.5 Å². The highest BCUT2D eigenvalue weighted by Gasteiger charge is 2.16. The lowest BCUT2D eigenvalue weighted by Crippen LogP contribution is -2.13. The van der Waals surface area contributed by atoms with Crippen LogP contribution in [-0.2, 0) is 0 Å². The molecule has 2 aromatic rings. The average molecular weight is 312 g/mol. The summed E-state index contributed by atoms with van der Waals surface area (Å²) in [6, 6.07) is 6.01. The van der Waals surface area contributed by atoms with E-state index in [4.69, 9.17) is 18.0 Å². The maximum absolute atomic E-state index is 13.9. The Bertz CT molecular complexity index is 629. The summed E-state index contributed by atoms with van der Waals surface area (Å²) in [4.78, 5) is 2.13. The molecule has 2 rings (SSSR count). The normalized spacial score (nSPS) is 12.2. The van der Waals surface area contributed by atoms with Gasteiger partial charge in [0.2, 0.25) is 0 Å². The van der Waals surface area contributed by atoms with Crippen molar-refractivity contribution in [3.63, 3.8) is 0 Å². The van der Waals surface area contributed by atoms with E-state index >= 15 is 0 Å². The summed E-state index contributed by atoms with van der Waals surface area (Å²) in [6.45, 7) is 3.84. The highest BCUT2D eigenvalue weighted by Crippen LogP contribution is 2.29. The summed E-state index contributed by atoms with van der Waals surface area (Å²) in [5.41, 5.74) is 5.39. The van der Waals surface area contributed by atoms with Crippen LogP contribution >= 0.6 is 23.6 Å². The predicted molar refractivity (Wildman–Crippen MR) is 83.3 cm³/mol. The number of anilines is 1. The Morgan fingerprint density at radius 2 is 1.90 bits per heavy atom. The smallest absolute Gasteiger partial charge is 0.150 e. The van der Waals surface area contributed by atoms with Crippen LogP contribution in [0.25, 0.3) is 0 Å². The first-order valence-electron chi connectivity index (χ1n) is 6.00. The quantitative estimate of drug-likeness (QED) is 0.833. The number of nitrogens with two attached hydrogens (primary N) is 1. The Morgan fingerprint density at radius 3 is 2.35 bits per heavy atom. The molecule has 1 heterocycles. The van der Waals surface area contributed by atoms with E-state index in [-0.39, 0.29) is 22.3 Å². The lowest BCUT2D eigenvalue weighted by molar-refractivity contribution is 0.584. The molecule has 0 spiro atoms. The van der Waals surface area contributed by atoms with Crippen molar-refractivity contribution >= 4 is 34.2 Å². The number of halogens is 2. The van der Waals surface area contributed by atoms with Crippen LogP contribution in [0.15, 0.2) is 24.3 Å². The van der Waals surface area contributed by atoms with Crippen molar-refractivity contribution in [3.05, 3.63) is 51.2 Å². The Kier molecular flexibility index (Phi) is 4.35. The molecule has 0 aliphatic carbocycles. The van der Waals surface area contributed by atoms with Gasteiger partial charge in [0.15, 0.2) is 0 Å². The van der Waals surface area contributed by atoms with E-state index in [2.05, 4.69) is 5.32 Å². The molecule has 0 fully saturated rings. The van der Waals surface area contributed by atoms with Crippen molar-refractivity contribution in [2.24, 2.45) is 5.73 Å². The van der Waals surface area contributed by atoms with Gasteiger partial charge in [-0.05, 0) is 38.1 Å². The molecular weight excluding hydrogens is 298 g/mol. The first-order chi connectivity index (χ1) is 9.38. The van der Waals surface area contributed by atoms with Crippen LogP contribution in [0.2, 0.25) is 0 Å². The SMILES string of the molecule is Cc1ccc(C(C)Nc2c(F)cc(C(N)=S)cc2F)s1. The first-order valence-corrected chi connectivity index (χ1v) is 7.22. The Labute approximate surface area is 125 Å². The van der Waals surface area contributed by atoms with E-state index < -0.39 is 11.6 Å². The van der Waals surface area contributed by atoms with Gasteiger partial charge in [-0.15, -0.1) is 11.3 Å². The summed E-state index contributed by atoms with van der Waals surface area (Å²) in [6.07, 6.45) is 0. The van der Waals surface area contributed by atoms with E-state index in [1.54, 1.807) is 11.3 Å². The second-order valence-electron chi connectivity index (χ2n) is 4.49. The van der Waals surface area contributed by atoms with Crippen LogP contribution in [0.3, 0.4) is 0 Å². The molecule has 0 aliphatic heterocycles. The largest absolute Gasteiger partial charge is 0.389 e. The van der Waals surface area contributed by atoms with Gasteiger partial charge in [-0.3, -0.25) is 0 Å². The highest BCUT2D eigenvalue weighted by atomic mass is 32.1. The Balaban J connectivity index is 2.27. The molecule has 3 N–H and O–H groups in total. The molecule has 1 aromatic carbocycles. The lowest BCUT2D eigenvalue weighted by Gasteiger charge is -2.16. The zero-order valence-corrected chi connectivity index (χ0v) is 12.7. The van der Waals surface area contributed by atoms with Gasteiger partial charge >= 0.3 is 0 Å². The Hall–Kier alpha value is -1.53. The number of thiophene rings is 1. The molecule has 0 radical (unpaired) electrons. The van der Waals surface area contributed by atoms with E-state index in [0.29, 0.717) is 0 Å². The van der Waals surface area contributed by atoms with Gasteiger partial charge in [-0.2, -0.15) is 0 Å². The van der Waals surface area contributed by atoms with Crippen LogP contribution in [-0.4, -0.2) is 4.99 Å². The second-order valence-corrected chi connectivity index (χ2v) is 6.25. The van der Waals surface area contributed by atoms with Gasteiger partial charge in [0.1, 0.15) is 22.3 Å². The maximum atomic E-state index is 13.9. The molecule has 6 heteroatoms. The lowest BCUT2D eigenvalue weighted by atomic mass is 10.1. The third kappa shape index (κ3) is 3.13. The topological polar surface area (TPSA) is 38.0 Å². The second kappa shape index (κ2) is 5.85. The summed E-state index contributed by atoms with van der Waals surface area (Å²) in [5.74, 6) is -1.40. The van der Waals surface area contributed by atoms with Crippen molar-refractivity contribution in [1.82, 2.24) is 0 Å². The minimum atomic E-state index is -0.701. The zero-order chi connectivity index (χ0) is 14.9. The zero-order valence-electron chi connectivity index (χ0n) is 11.0. The standard InChI is InChI=1S/C14H14F2N2S2/c1-7-3-4-12(20-7)8(2)18-13-10(15)5-9(14(17)19)6-11(13)16/h3-6,8,18H,1-2H3,(H2,17,19). The fourth-order valence-electron chi connectivity index (χ4n) is 1.83. The summed E-state index contributed by atoms with van der Waals surface area (Å²) < 4.78 is 27.9. The first kappa shape index (κ1) is 14.9. The minimum absolute atomic E-state index is 0.0312. The maximum Gasteiger partial charge on any atom is 0.150 e. The average Bonchev–Trinajstić information content (AvgIpc) is 2.80. The van der Waals surface area contributed by atoms with Gasteiger partial charge in [-0.1, -0.05) is 12.2 Å². The fourth-order valence-corrected chi connectivity index (χ4v) is 2.82. The number of rotatable bonds is 4. The van der Waals surface area contributed by atoms with E-state index in [1.165, 1.54) is 0 Å². The molecule has 1 aromatic heterocycles.